The molecule has 0 bridgehead atoms. The van der Waals surface area contributed by atoms with Crippen LogP contribution in [0.1, 0.15) is 16.1 Å². The van der Waals surface area contributed by atoms with E-state index < -0.39 is 0 Å². The number of hydrogen-bond donors (Lipinski definition) is 2. The van der Waals surface area contributed by atoms with Crippen molar-refractivity contribution in [3.63, 3.8) is 0 Å². The number of aromatic nitrogens is 1. The van der Waals surface area contributed by atoms with Gasteiger partial charge >= 0.3 is 0 Å². The first kappa shape index (κ1) is 14.0. The summed E-state index contributed by atoms with van der Waals surface area (Å²) in [5, 5.41) is 5.69. The van der Waals surface area contributed by atoms with Crippen molar-refractivity contribution < 1.29 is 0 Å². The highest BCUT2D eigenvalue weighted by Gasteiger charge is 2.08. The molecule has 0 saturated heterocycles. The van der Waals surface area contributed by atoms with Gasteiger partial charge in [-0.05, 0) is 24.4 Å². The second-order valence-corrected chi connectivity index (χ2v) is 6.16. The third-order valence-electron chi connectivity index (χ3n) is 3.47. The molecule has 3 N–H and O–H groups in total. The zero-order valence-corrected chi connectivity index (χ0v) is 13.2. The SMILES string of the molecule is Cc1ncsc1CNc1ccc(C(N)=S)c2ccccc12. The van der Waals surface area contributed by atoms with E-state index in [1.54, 1.807) is 11.3 Å². The quantitative estimate of drug-likeness (QED) is 0.718. The third-order valence-corrected chi connectivity index (χ3v) is 4.63. The molecule has 0 aliphatic rings. The lowest BCUT2D eigenvalue weighted by atomic mass is 10.0. The van der Waals surface area contributed by atoms with Crippen LogP contribution in [0.25, 0.3) is 10.8 Å². The van der Waals surface area contributed by atoms with E-state index in [-0.39, 0.29) is 0 Å². The molecule has 3 rings (SSSR count). The summed E-state index contributed by atoms with van der Waals surface area (Å²) in [6.45, 7) is 2.80. The highest BCUT2D eigenvalue weighted by molar-refractivity contribution is 7.80. The molecule has 5 heteroatoms. The molecule has 0 radical (unpaired) electrons. The molecule has 0 amide bonds. The van der Waals surface area contributed by atoms with Gasteiger partial charge in [-0.25, -0.2) is 4.98 Å². The molecule has 0 fully saturated rings. The van der Waals surface area contributed by atoms with E-state index in [1.807, 2.05) is 42.8 Å². The average molecular weight is 313 g/mol. The fourth-order valence-electron chi connectivity index (χ4n) is 2.34. The van der Waals surface area contributed by atoms with E-state index in [0.29, 0.717) is 4.99 Å². The molecular weight excluding hydrogens is 298 g/mol. The number of rotatable bonds is 4. The summed E-state index contributed by atoms with van der Waals surface area (Å²) in [5.74, 6) is 0. The van der Waals surface area contributed by atoms with Gasteiger partial charge in [0.25, 0.3) is 0 Å². The van der Waals surface area contributed by atoms with E-state index in [9.17, 15) is 0 Å². The molecule has 0 aliphatic carbocycles. The minimum atomic E-state index is 0.427. The number of thiocarbonyl (C=S) groups is 1. The largest absolute Gasteiger partial charge is 0.389 e. The first-order chi connectivity index (χ1) is 10.2. The first-order valence-electron chi connectivity index (χ1n) is 6.61. The molecule has 0 aliphatic heterocycles. The maximum absolute atomic E-state index is 5.81. The van der Waals surface area contributed by atoms with Gasteiger partial charge in [0.1, 0.15) is 4.99 Å². The zero-order valence-electron chi connectivity index (χ0n) is 11.6. The Balaban J connectivity index is 1.98. The highest BCUT2D eigenvalue weighted by atomic mass is 32.1. The smallest absolute Gasteiger partial charge is 0.104 e. The predicted molar refractivity (Wildman–Crippen MR) is 94.0 cm³/mol. The molecule has 0 spiro atoms. The van der Waals surface area contributed by atoms with Crippen LogP contribution in [0.15, 0.2) is 41.9 Å². The number of hydrogen-bond acceptors (Lipinski definition) is 4. The molecule has 0 atom stereocenters. The number of thiazole rings is 1. The third kappa shape index (κ3) is 2.75. The van der Waals surface area contributed by atoms with Crippen LogP contribution in [0.5, 0.6) is 0 Å². The first-order valence-corrected chi connectivity index (χ1v) is 7.90. The second kappa shape index (κ2) is 5.79. The van der Waals surface area contributed by atoms with E-state index >= 15 is 0 Å². The van der Waals surface area contributed by atoms with Gasteiger partial charge in [-0.1, -0.05) is 36.5 Å². The summed E-state index contributed by atoms with van der Waals surface area (Å²) in [6, 6.07) is 12.2. The molecule has 1 heterocycles. The van der Waals surface area contributed by atoms with Crippen molar-refractivity contribution in [2.24, 2.45) is 5.73 Å². The summed E-state index contributed by atoms with van der Waals surface area (Å²) in [4.78, 5) is 5.95. The maximum Gasteiger partial charge on any atom is 0.104 e. The monoisotopic (exact) mass is 313 g/mol. The lowest BCUT2D eigenvalue weighted by Gasteiger charge is -2.12. The summed E-state index contributed by atoms with van der Waals surface area (Å²) in [6.07, 6.45) is 0. The predicted octanol–water partition coefficient (Wildman–Crippen LogP) is 3.85. The number of anilines is 1. The number of fused-ring (bicyclic) bond motifs is 1. The molecule has 2 aromatic carbocycles. The number of nitrogens with zero attached hydrogens (tertiary/aromatic N) is 1. The van der Waals surface area contributed by atoms with Crippen LogP contribution >= 0.6 is 23.6 Å². The fourth-order valence-corrected chi connectivity index (χ4v) is 3.23. The van der Waals surface area contributed by atoms with Crippen molar-refractivity contribution in [2.75, 3.05) is 5.32 Å². The van der Waals surface area contributed by atoms with E-state index in [4.69, 9.17) is 18.0 Å². The van der Waals surface area contributed by atoms with Crippen LogP contribution < -0.4 is 11.1 Å². The van der Waals surface area contributed by atoms with Gasteiger partial charge in [-0.3, -0.25) is 0 Å². The average Bonchev–Trinajstić information content (AvgIpc) is 2.89. The molecule has 21 heavy (non-hydrogen) atoms. The standard InChI is InChI=1S/C16H15N3S2/c1-10-15(21-9-19-10)8-18-14-7-6-13(16(17)20)11-4-2-3-5-12(11)14/h2-7,9,18H,8H2,1H3,(H2,17,20). The molecule has 0 unspecified atom stereocenters. The Labute approximate surface area is 132 Å². The van der Waals surface area contributed by atoms with Crippen molar-refractivity contribution in [3.05, 3.63) is 58.0 Å². The van der Waals surface area contributed by atoms with Gasteiger partial charge in [-0.15, -0.1) is 11.3 Å². The van der Waals surface area contributed by atoms with Crippen LogP contribution in [0.3, 0.4) is 0 Å². The second-order valence-electron chi connectivity index (χ2n) is 4.79. The van der Waals surface area contributed by atoms with Crippen LogP contribution in [0.2, 0.25) is 0 Å². The minimum Gasteiger partial charge on any atom is -0.389 e. The van der Waals surface area contributed by atoms with Gasteiger partial charge in [0, 0.05) is 21.5 Å². The highest BCUT2D eigenvalue weighted by Crippen LogP contribution is 2.27. The molecule has 3 nitrogen and oxygen atoms in total. The van der Waals surface area contributed by atoms with Crippen molar-refractivity contribution in [3.8, 4) is 0 Å². The molecule has 0 saturated carbocycles. The zero-order chi connectivity index (χ0) is 14.8. The van der Waals surface area contributed by atoms with Gasteiger partial charge in [0.2, 0.25) is 0 Å². The van der Waals surface area contributed by atoms with Crippen LogP contribution in [-0.4, -0.2) is 9.97 Å². The Bertz CT molecular complexity index is 808. The van der Waals surface area contributed by atoms with Crippen molar-refractivity contribution in [1.29, 1.82) is 0 Å². The van der Waals surface area contributed by atoms with Crippen molar-refractivity contribution in [2.45, 2.75) is 13.5 Å². The normalized spacial score (nSPS) is 10.7. The molecule has 3 aromatic rings. The van der Waals surface area contributed by atoms with Crippen LogP contribution in [-0.2, 0) is 6.54 Å². The summed E-state index contributed by atoms with van der Waals surface area (Å²) in [7, 11) is 0. The summed E-state index contributed by atoms with van der Waals surface area (Å²) < 4.78 is 0. The Morgan fingerprint density at radius 1 is 1.24 bits per heavy atom. The summed E-state index contributed by atoms with van der Waals surface area (Å²) >= 11 is 6.80. The number of aryl methyl sites for hydroxylation is 1. The molecule has 1 aromatic heterocycles. The maximum atomic E-state index is 5.81. The van der Waals surface area contributed by atoms with Crippen molar-refractivity contribution in [1.82, 2.24) is 4.98 Å². The Morgan fingerprint density at radius 3 is 2.67 bits per heavy atom. The van der Waals surface area contributed by atoms with Gasteiger partial charge < -0.3 is 11.1 Å². The lowest BCUT2D eigenvalue weighted by molar-refractivity contribution is 1.12. The van der Waals surface area contributed by atoms with Crippen LogP contribution in [0, 0.1) is 6.92 Å². The van der Waals surface area contributed by atoms with Gasteiger partial charge in [0.05, 0.1) is 17.7 Å². The molecule has 106 valence electrons. The minimum absolute atomic E-state index is 0.427. The molecular formula is C16H15N3S2. The summed E-state index contributed by atoms with van der Waals surface area (Å²) in [5.41, 5.74) is 10.8. The fraction of sp³-hybridized carbons (Fsp3) is 0.125. The van der Waals surface area contributed by atoms with Crippen molar-refractivity contribution >= 4 is 45.0 Å². The topological polar surface area (TPSA) is 50.9 Å². The Hall–Kier alpha value is -1.98. The van der Waals surface area contributed by atoms with Gasteiger partial charge in [0.15, 0.2) is 0 Å². The Kier molecular flexibility index (Phi) is 3.86. The van der Waals surface area contributed by atoms with Crippen LogP contribution in [0.4, 0.5) is 5.69 Å². The number of nitrogens with two attached hydrogens (primary N) is 1. The lowest BCUT2D eigenvalue weighted by Crippen LogP contribution is -2.10. The van der Waals surface area contributed by atoms with E-state index in [2.05, 4.69) is 16.4 Å². The Morgan fingerprint density at radius 2 is 2.00 bits per heavy atom. The van der Waals surface area contributed by atoms with E-state index in [0.717, 1.165) is 34.3 Å². The van der Waals surface area contributed by atoms with E-state index in [1.165, 1.54) is 4.88 Å². The van der Waals surface area contributed by atoms with Gasteiger partial charge in [-0.2, -0.15) is 0 Å². The number of benzene rings is 2. The number of nitrogens with one attached hydrogen (secondary N) is 1.